The standard InChI is InChI=1S/C24H27N7O5/c25-16-13-35-21(36-14-16)12-30-11-15-8-19(20(9-17(15)24(30)33)29-4-6-34-7-5-29)28-23(32)18-10-27-31-3-1-2-26-22(18)31/h1-3,8-10,16,21H,4-7,11-14,25H2,(H,28,32)/t16-,21+. The lowest BCUT2D eigenvalue weighted by Crippen LogP contribution is -2.45. The Morgan fingerprint density at radius 2 is 2.00 bits per heavy atom. The summed E-state index contributed by atoms with van der Waals surface area (Å²) >= 11 is 0. The van der Waals surface area contributed by atoms with Gasteiger partial charge in [0.15, 0.2) is 11.9 Å². The molecule has 2 amide bonds. The van der Waals surface area contributed by atoms with Crippen molar-refractivity contribution in [3.63, 3.8) is 0 Å². The average Bonchev–Trinajstić information content (AvgIpc) is 3.46. The summed E-state index contributed by atoms with van der Waals surface area (Å²) < 4.78 is 18.3. The predicted octanol–water partition coefficient (Wildman–Crippen LogP) is 0.474. The van der Waals surface area contributed by atoms with Gasteiger partial charge in [0.2, 0.25) is 0 Å². The van der Waals surface area contributed by atoms with E-state index in [2.05, 4.69) is 20.3 Å². The Balaban J connectivity index is 1.29. The van der Waals surface area contributed by atoms with E-state index < -0.39 is 6.29 Å². The zero-order valence-corrected chi connectivity index (χ0v) is 19.6. The molecule has 0 spiro atoms. The smallest absolute Gasteiger partial charge is 0.261 e. The Morgan fingerprint density at radius 1 is 1.19 bits per heavy atom. The van der Waals surface area contributed by atoms with Gasteiger partial charge in [-0.2, -0.15) is 5.10 Å². The number of hydrogen-bond acceptors (Lipinski definition) is 9. The van der Waals surface area contributed by atoms with Crippen LogP contribution >= 0.6 is 0 Å². The van der Waals surface area contributed by atoms with Crippen molar-refractivity contribution in [1.29, 1.82) is 0 Å². The molecule has 3 aliphatic rings. The number of amides is 2. The number of aromatic nitrogens is 3. The number of hydrogen-bond donors (Lipinski definition) is 2. The van der Waals surface area contributed by atoms with Crippen LogP contribution in [-0.2, 0) is 20.8 Å². The molecular weight excluding hydrogens is 466 g/mol. The first-order valence-corrected chi connectivity index (χ1v) is 11.9. The maximum Gasteiger partial charge on any atom is 0.261 e. The minimum absolute atomic E-state index is 0.0914. The zero-order valence-electron chi connectivity index (χ0n) is 19.6. The quantitative estimate of drug-likeness (QED) is 0.520. The molecule has 6 rings (SSSR count). The third-order valence-corrected chi connectivity index (χ3v) is 6.59. The highest BCUT2D eigenvalue weighted by atomic mass is 16.7. The van der Waals surface area contributed by atoms with Gasteiger partial charge in [0.05, 0.1) is 56.6 Å². The number of rotatable bonds is 5. The summed E-state index contributed by atoms with van der Waals surface area (Å²) in [6, 6.07) is 5.34. The van der Waals surface area contributed by atoms with Gasteiger partial charge in [-0.05, 0) is 23.8 Å². The molecule has 3 aromatic rings. The van der Waals surface area contributed by atoms with Crippen LogP contribution in [0, 0.1) is 0 Å². The van der Waals surface area contributed by atoms with Gasteiger partial charge >= 0.3 is 0 Å². The summed E-state index contributed by atoms with van der Waals surface area (Å²) in [6.45, 7) is 3.95. The summed E-state index contributed by atoms with van der Waals surface area (Å²) in [6.07, 6.45) is 4.35. The van der Waals surface area contributed by atoms with E-state index in [9.17, 15) is 9.59 Å². The highest BCUT2D eigenvalue weighted by molar-refractivity contribution is 6.10. The lowest BCUT2D eigenvalue weighted by Gasteiger charge is -2.31. The van der Waals surface area contributed by atoms with Crippen LogP contribution < -0.4 is 16.0 Å². The summed E-state index contributed by atoms with van der Waals surface area (Å²) in [7, 11) is 0. The molecule has 0 bridgehead atoms. The van der Waals surface area contributed by atoms with Gasteiger partial charge in [-0.1, -0.05) is 0 Å². The first kappa shape index (κ1) is 22.9. The van der Waals surface area contributed by atoms with Gasteiger partial charge in [0.1, 0.15) is 5.56 Å². The minimum Gasteiger partial charge on any atom is -0.378 e. The normalized spacial score (nSPS) is 22.2. The fraction of sp³-hybridized carbons (Fsp3) is 0.417. The number of benzene rings is 1. The van der Waals surface area contributed by atoms with E-state index in [-0.39, 0.29) is 17.9 Å². The molecule has 3 N–H and O–H groups in total. The Bertz CT molecular complexity index is 1300. The molecule has 12 nitrogen and oxygen atoms in total. The van der Waals surface area contributed by atoms with E-state index in [4.69, 9.17) is 19.9 Å². The number of fused-ring (bicyclic) bond motifs is 2. The van der Waals surface area contributed by atoms with Gasteiger partial charge in [-0.25, -0.2) is 9.50 Å². The molecule has 2 fully saturated rings. The van der Waals surface area contributed by atoms with E-state index in [1.54, 1.807) is 27.9 Å². The third kappa shape index (κ3) is 4.28. The number of ether oxygens (including phenoxy) is 3. The summed E-state index contributed by atoms with van der Waals surface area (Å²) in [4.78, 5) is 34.7. The van der Waals surface area contributed by atoms with Crippen LogP contribution in [0.15, 0.2) is 36.8 Å². The SMILES string of the molecule is N[C@H]1CO[C@@H](CN2Cc3cc(NC(=O)c4cnn5cccnc45)c(N4CCOCC4)cc3C2=O)OC1. The number of carbonyl (C=O) groups excluding carboxylic acids is 2. The Labute approximate surface area is 206 Å². The Kier molecular flexibility index (Phi) is 6.01. The Morgan fingerprint density at radius 3 is 2.81 bits per heavy atom. The fourth-order valence-electron chi connectivity index (χ4n) is 4.74. The largest absolute Gasteiger partial charge is 0.378 e. The van der Waals surface area contributed by atoms with Crippen molar-refractivity contribution in [3.8, 4) is 0 Å². The van der Waals surface area contributed by atoms with Crippen LogP contribution in [0.25, 0.3) is 5.65 Å². The minimum atomic E-state index is -0.510. The Hall–Kier alpha value is -3.58. The number of morpholine rings is 1. The van der Waals surface area contributed by atoms with Crippen LogP contribution in [0.1, 0.15) is 26.3 Å². The number of anilines is 2. The van der Waals surface area contributed by atoms with Gasteiger partial charge in [0, 0.05) is 37.6 Å². The van der Waals surface area contributed by atoms with E-state index in [1.807, 2.05) is 12.1 Å². The zero-order chi connectivity index (χ0) is 24.6. The monoisotopic (exact) mass is 493 g/mol. The molecule has 36 heavy (non-hydrogen) atoms. The first-order chi connectivity index (χ1) is 17.6. The number of nitrogens with two attached hydrogens (primary N) is 1. The molecular formula is C24H27N7O5. The summed E-state index contributed by atoms with van der Waals surface area (Å²) in [5.41, 5.74) is 9.51. The number of nitrogens with zero attached hydrogens (tertiary/aromatic N) is 5. The highest BCUT2D eigenvalue weighted by Gasteiger charge is 2.33. The van der Waals surface area contributed by atoms with Crippen molar-refractivity contribution >= 4 is 28.8 Å². The second-order valence-electron chi connectivity index (χ2n) is 9.07. The third-order valence-electron chi connectivity index (χ3n) is 6.59. The number of nitrogens with one attached hydrogen (secondary N) is 1. The second-order valence-corrected chi connectivity index (χ2v) is 9.07. The lowest BCUT2D eigenvalue weighted by molar-refractivity contribution is -0.190. The van der Waals surface area contributed by atoms with Crippen LogP contribution in [-0.4, -0.2) is 89.7 Å². The maximum atomic E-state index is 13.3. The van der Waals surface area contributed by atoms with Crippen molar-refractivity contribution in [2.45, 2.75) is 18.9 Å². The highest BCUT2D eigenvalue weighted by Crippen LogP contribution is 2.35. The molecule has 0 unspecified atom stereocenters. The maximum absolute atomic E-state index is 13.3. The van der Waals surface area contributed by atoms with Crippen molar-refractivity contribution in [3.05, 3.63) is 53.5 Å². The van der Waals surface area contributed by atoms with Crippen molar-refractivity contribution in [2.24, 2.45) is 5.73 Å². The van der Waals surface area contributed by atoms with Crippen LogP contribution in [0.5, 0.6) is 0 Å². The molecule has 1 aromatic carbocycles. The van der Waals surface area contributed by atoms with E-state index in [0.29, 0.717) is 75.1 Å². The topological polar surface area (TPSA) is 137 Å². The molecule has 188 valence electrons. The van der Waals surface area contributed by atoms with E-state index >= 15 is 0 Å². The van der Waals surface area contributed by atoms with Crippen molar-refractivity contribution in [2.75, 3.05) is 56.3 Å². The predicted molar refractivity (Wildman–Crippen MR) is 129 cm³/mol. The average molecular weight is 494 g/mol. The van der Waals surface area contributed by atoms with Gasteiger partial charge < -0.3 is 35.1 Å². The molecule has 2 aromatic heterocycles. The molecule has 3 aliphatic heterocycles. The van der Waals surface area contributed by atoms with Crippen LogP contribution in [0.3, 0.4) is 0 Å². The summed E-state index contributed by atoms with van der Waals surface area (Å²) in [5, 5.41) is 7.26. The fourth-order valence-corrected chi connectivity index (χ4v) is 4.74. The lowest BCUT2D eigenvalue weighted by atomic mass is 10.1. The molecule has 12 heteroatoms. The first-order valence-electron chi connectivity index (χ1n) is 11.9. The molecule has 0 saturated carbocycles. The van der Waals surface area contributed by atoms with Crippen LogP contribution in [0.4, 0.5) is 11.4 Å². The van der Waals surface area contributed by atoms with Crippen molar-refractivity contribution in [1.82, 2.24) is 19.5 Å². The second kappa shape index (κ2) is 9.47. The molecule has 5 heterocycles. The number of carbonyl (C=O) groups is 2. The molecule has 0 atom stereocenters. The molecule has 0 radical (unpaired) electrons. The van der Waals surface area contributed by atoms with Crippen molar-refractivity contribution < 1.29 is 23.8 Å². The van der Waals surface area contributed by atoms with Gasteiger partial charge in [-0.3, -0.25) is 9.59 Å². The van der Waals surface area contributed by atoms with Crippen LogP contribution in [0.2, 0.25) is 0 Å². The van der Waals surface area contributed by atoms with Gasteiger partial charge in [-0.15, -0.1) is 0 Å². The molecule has 2 saturated heterocycles. The van der Waals surface area contributed by atoms with E-state index in [1.165, 1.54) is 6.20 Å². The van der Waals surface area contributed by atoms with E-state index in [0.717, 1.165) is 11.3 Å². The molecule has 0 aliphatic carbocycles. The van der Waals surface area contributed by atoms with Gasteiger partial charge in [0.25, 0.3) is 11.8 Å². The summed E-state index contributed by atoms with van der Waals surface area (Å²) in [5.74, 6) is -0.411.